The molecule has 0 aliphatic heterocycles. The molecule has 0 bridgehead atoms. The number of carboxylic acids is 2. The minimum atomic E-state index is -4.11. The van der Waals surface area contributed by atoms with Gasteiger partial charge in [0.1, 0.15) is 6.04 Å². The van der Waals surface area contributed by atoms with E-state index >= 15 is 0 Å². The highest BCUT2D eigenvalue weighted by atomic mass is 31.2. The lowest BCUT2D eigenvalue weighted by atomic mass is 10.2. The van der Waals surface area contributed by atoms with Gasteiger partial charge in [0.2, 0.25) is 7.37 Å². The van der Waals surface area contributed by atoms with Gasteiger partial charge in [-0.05, 0) is 18.9 Å². The Morgan fingerprint density at radius 3 is 2.28 bits per heavy atom. The lowest BCUT2D eigenvalue weighted by Crippen LogP contribution is -2.31. The van der Waals surface area contributed by atoms with E-state index in [0.29, 0.717) is 6.08 Å². The van der Waals surface area contributed by atoms with E-state index in [4.69, 9.17) is 15.9 Å². The summed E-state index contributed by atoms with van der Waals surface area (Å²) in [5, 5.41) is 26.4. The maximum absolute atomic E-state index is 11.7. The van der Waals surface area contributed by atoms with E-state index in [1.807, 2.05) is 0 Å². The van der Waals surface area contributed by atoms with Crippen molar-refractivity contribution in [1.29, 1.82) is 0 Å². The molecule has 0 spiro atoms. The molecule has 0 fully saturated rings. The van der Waals surface area contributed by atoms with Gasteiger partial charge in [-0.2, -0.15) is 0 Å². The van der Waals surface area contributed by atoms with Crippen LogP contribution in [-0.4, -0.2) is 50.2 Å². The molecule has 104 valence electrons. The molecule has 0 saturated carbocycles. The molecule has 0 saturated heterocycles. The number of aliphatic carboxylic acids is 2. The van der Waals surface area contributed by atoms with E-state index in [1.54, 1.807) is 0 Å². The van der Waals surface area contributed by atoms with Crippen molar-refractivity contribution in [3.05, 3.63) is 11.6 Å². The number of carbonyl (C=O) groups is 2. The van der Waals surface area contributed by atoms with Gasteiger partial charge in [0.25, 0.3) is 0 Å². The molecule has 0 radical (unpaired) electrons. The van der Waals surface area contributed by atoms with Gasteiger partial charge in [0, 0.05) is 12.2 Å². The zero-order valence-corrected chi connectivity index (χ0v) is 10.6. The van der Waals surface area contributed by atoms with Crippen molar-refractivity contribution in [2.45, 2.75) is 25.2 Å². The van der Waals surface area contributed by atoms with E-state index in [1.165, 1.54) is 6.92 Å². The zero-order chi connectivity index (χ0) is 14.5. The van der Waals surface area contributed by atoms with Crippen LogP contribution < -0.4 is 5.73 Å². The first kappa shape index (κ1) is 16.8. The van der Waals surface area contributed by atoms with Crippen LogP contribution in [0.5, 0.6) is 0 Å². The van der Waals surface area contributed by atoms with Crippen molar-refractivity contribution in [3.8, 4) is 0 Å². The molecule has 0 aromatic heterocycles. The van der Waals surface area contributed by atoms with Crippen LogP contribution >= 0.6 is 7.37 Å². The highest BCUT2D eigenvalue weighted by molar-refractivity contribution is 7.58. The fourth-order valence-corrected chi connectivity index (χ4v) is 2.76. The van der Waals surface area contributed by atoms with Crippen LogP contribution in [-0.2, 0) is 14.2 Å². The molecule has 3 atom stereocenters. The molecule has 0 heterocycles. The van der Waals surface area contributed by atoms with Gasteiger partial charge in [-0.1, -0.05) is 0 Å². The van der Waals surface area contributed by atoms with Crippen LogP contribution in [0.4, 0.5) is 0 Å². The fraction of sp³-hybridized carbons (Fsp3) is 0.556. The van der Waals surface area contributed by atoms with Gasteiger partial charge in [-0.15, -0.1) is 0 Å². The molecule has 0 aliphatic carbocycles. The normalized spacial score (nSPS) is 18.8. The monoisotopic (exact) mass is 281 g/mol. The summed E-state index contributed by atoms with van der Waals surface area (Å²) in [4.78, 5) is 30.3. The lowest BCUT2D eigenvalue weighted by Gasteiger charge is -2.19. The maximum atomic E-state index is 11.7. The number of nitrogens with two attached hydrogens (primary N) is 1. The number of aliphatic hydroxyl groups excluding tert-OH is 1. The molecule has 2 unspecified atom stereocenters. The van der Waals surface area contributed by atoms with Crippen molar-refractivity contribution in [2.75, 3.05) is 6.16 Å². The lowest BCUT2D eigenvalue weighted by molar-refractivity contribution is -0.138. The number of rotatable bonds is 7. The number of carboxylic acid groups (broad SMARTS) is 2. The summed E-state index contributed by atoms with van der Waals surface area (Å²) >= 11 is 0. The van der Waals surface area contributed by atoms with Gasteiger partial charge in [0.05, 0.1) is 0 Å². The zero-order valence-electron chi connectivity index (χ0n) is 9.68. The third-order valence-corrected chi connectivity index (χ3v) is 4.29. The predicted octanol–water partition coefficient (Wildman–Crippen LogP) is -0.592. The standard InChI is InChI=1S/C9H16NO7P/c1-5(4-7(11)12)9(15)18(16,17)3-2-6(10)8(13)14/h4,6,9,15H,2-3,10H2,1H3,(H,11,12)(H,13,14)(H,16,17)/b5-4+/t6-,9?/m0/s1. The van der Waals surface area contributed by atoms with Gasteiger partial charge in [-0.25, -0.2) is 4.79 Å². The average molecular weight is 281 g/mol. The minimum absolute atomic E-state index is 0.183. The summed E-state index contributed by atoms with van der Waals surface area (Å²) in [5.41, 5.74) is 4.98. The SMILES string of the molecule is C/C(=C\C(=O)O)C(O)P(=O)(O)CC[C@H](N)C(=O)O. The van der Waals surface area contributed by atoms with Gasteiger partial charge < -0.3 is 25.9 Å². The Bertz CT molecular complexity index is 406. The molecule has 0 aliphatic rings. The molecule has 6 N–H and O–H groups in total. The van der Waals surface area contributed by atoms with Crippen LogP contribution in [0.25, 0.3) is 0 Å². The van der Waals surface area contributed by atoms with Crippen LogP contribution in [0.3, 0.4) is 0 Å². The van der Waals surface area contributed by atoms with Gasteiger partial charge >= 0.3 is 11.9 Å². The molecule has 0 aromatic carbocycles. The second-order valence-electron chi connectivity index (χ2n) is 3.81. The largest absolute Gasteiger partial charge is 0.480 e. The van der Waals surface area contributed by atoms with Crippen molar-refractivity contribution < 1.29 is 34.4 Å². The summed E-state index contributed by atoms with van der Waals surface area (Å²) in [5.74, 6) is -4.51. The maximum Gasteiger partial charge on any atom is 0.328 e. The molecule has 0 aromatic rings. The van der Waals surface area contributed by atoms with E-state index in [2.05, 4.69) is 0 Å². The number of hydrogen-bond acceptors (Lipinski definition) is 5. The summed E-state index contributed by atoms with van der Waals surface area (Å²) in [7, 11) is -4.11. The van der Waals surface area contributed by atoms with Crippen molar-refractivity contribution >= 4 is 19.3 Å². The highest BCUT2D eigenvalue weighted by Gasteiger charge is 2.31. The van der Waals surface area contributed by atoms with E-state index < -0.39 is 37.4 Å². The Morgan fingerprint density at radius 2 is 1.89 bits per heavy atom. The summed E-state index contributed by atoms with van der Waals surface area (Å²) < 4.78 is 11.7. The smallest absolute Gasteiger partial charge is 0.328 e. The summed E-state index contributed by atoms with van der Waals surface area (Å²) in [6.45, 7) is 1.19. The van der Waals surface area contributed by atoms with Gasteiger partial charge in [0.15, 0.2) is 5.85 Å². The van der Waals surface area contributed by atoms with E-state index in [9.17, 15) is 24.2 Å². The van der Waals surface area contributed by atoms with Crippen LogP contribution in [0, 0.1) is 0 Å². The van der Waals surface area contributed by atoms with Crippen molar-refractivity contribution in [2.24, 2.45) is 5.73 Å². The Kier molecular flexibility index (Phi) is 6.20. The third kappa shape index (κ3) is 5.42. The summed E-state index contributed by atoms with van der Waals surface area (Å²) in [6, 6.07) is -1.30. The van der Waals surface area contributed by atoms with Gasteiger partial charge in [-0.3, -0.25) is 9.36 Å². The first-order valence-electron chi connectivity index (χ1n) is 4.97. The Balaban J connectivity index is 4.68. The minimum Gasteiger partial charge on any atom is -0.480 e. The quantitative estimate of drug-likeness (QED) is 0.306. The third-order valence-electron chi connectivity index (χ3n) is 2.22. The molecule has 9 heteroatoms. The molecular formula is C9H16NO7P. The number of aliphatic hydroxyl groups is 1. The van der Waals surface area contributed by atoms with E-state index in [-0.39, 0.29) is 12.0 Å². The first-order valence-corrected chi connectivity index (χ1v) is 6.88. The average Bonchev–Trinajstić information content (AvgIpc) is 2.23. The topological polar surface area (TPSA) is 158 Å². The Morgan fingerprint density at radius 1 is 1.39 bits per heavy atom. The van der Waals surface area contributed by atoms with E-state index in [0.717, 1.165) is 0 Å². The number of hydrogen-bond donors (Lipinski definition) is 5. The molecule has 0 rings (SSSR count). The van der Waals surface area contributed by atoms with Crippen molar-refractivity contribution in [3.63, 3.8) is 0 Å². The second kappa shape index (κ2) is 6.65. The first-order chi connectivity index (χ1) is 8.08. The second-order valence-corrected chi connectivity index (χ2v) is 6.26. The molecular weight excluding hydrogens is 265 g/mol. The van der Waals surface area contributed by atoms with Crippen LogP contribution in [0.15, 0.2) is 11.6 Å². The molecule has 0 amide bonds. The molecule has 8 nitrogen and oxygen atoms in total. The van der Waals surface area contributed by atoms with Crippen LogP contribution in [0.2, 0.25) is 0 Å². The van der Waals surface area contributed by atoms with Crippen molar-refractivity contribution in [1.82, 2.24) is 0 Å². The Hall–Kier alpha value is -1.21. The highest BCUT2D eigenvalue weighted by Crippen LogP contribution is 2.48. The predicted molar refractivity (Wildman–Crippen MR) is 62.3 cm³/mol. The fourth-order valence-electron chi connectivity index (χ4n) is 1.16. The summed E-state index contributed by atoms with van der Waals surface area (Å²) in [6.07, 6.45) is -0.183. The molecule has 18 heavy (non-hydrogen) atoms. The van der Waals surface area contributed by atoms with Crippen LogP contribution in [0.1, 0.15) is 13.3 Å². The Labute approximate surface area is 103 Å².